The fraction of sp³-hybridized carbons (Fsp3) is 0.526. The molecule has 5 nitrogen and oxygen atoms in total. The van der Waals surface area contributed by atoms with Crippen LogP contribution in [-0.2, 0) is 15.1 Å². The molecule has 2 aliphatic rings. The Kier molecular flexibility index (Phi) is 4.92. The number of rotatable bonds is 3. The van der Waals surface area contributed by atoms with Gasteiger partial charge >= 0.3 is 5.97 Å². The third kappa shape index (κ3) is 3.32. The Morgan fingerprint density at radius 2 is 2.12 bits per heavy atom. The fourth-order valence-electron chi connectivity index (χ4n) is 3.95. The van der Waals surface area contributed by atoms with Gasteiger partial charge in [0.15, 0.2) is 0 Å². The van der Waals surface area contributed by atoms with Crippen molar-refractivity contribution < 1.29 is 19.4 Å². The Hall–Kier alpha value is -1.85. The van der Waals surface area contributed by atoms with Crippen LogP contribution in [0.2, 0.25) is 0 Å². The van der Waals surface area contributed by atoms with Gasteiger partial charge in [-0.25, -0.2) is 4.79 Å². The van der Waals surface area contributed by atoms with Gasteiger partial charge in [-0.1, -0.05) is 23.8 Å². The average molecular weight is 331 g/mol. The van der Waals surface area contributed by atoms with Gasteiger partial charge in [-0.05, 0) is 31.7 Å². The molecule has 1 N–H and O–H groups in total. The zero-order chi connectivity index (χ0) is 17.2. The molecule has 1 aromatic rings. The van der Waals surface area contributed by atoms with E-state index in [1.54, 1.807) is 13.2 Å². The summed E-state index contributed by atoms with van der Waals surface area (Å²) in [6.07, 6.45) is 4.63. The molecule has 1 aromatic carbocycles. The van der Waals surface area contributed by atoms with Gasteiger partial charge < -0.3 is 14.6 Å². The molecule has 2 fully saturated rings. The molecule has 2 atom stereocenters. The van der Waals surface area contributed by atoms with Crippen molar-refractivity contribution in [3.63, 3.8) is 0 Å². The lowest BCUT2D eigenvalue weighted by Gasteiger charge is -2.47. The van der Waals surface area contributed by atoms with E-state index in [4.69, 9.17) is 9.47 Å². The molecule has 0 spiro atoms. The summed E-state index contributed by atoms with van der Waals surface area (Å²) in [7, 11) is 3.03. The number of piperidine rings is 2. The Balaban J connectivity index is 1.80. The Labute approximate surface area is 142 Å². The van der Waals surface area contributed by atoms with Crippen molar-refractivity contribution >= 4 is 5.97 Å². The monoisotopic (exact) mass is 331 g/mol. The number of hydrogen-bond acceptors (Lipinski definition) is 5. The van der Waals surface area contributed by atoms with Crippen molar-refractivity contribution in [2.24, 2.45) is 0 Å². The van der Waals surface area contributed by atoms with Crippen LogP contribution in [0.3, 0.4) is 0 Å². The summed E-state index contributed by atoms with van der Waals surface area (Å²) < 4.78 is 10.2. The summed E-state index contributed by atoms with van der Waals surface area (Å²) in [5, 5.41) is 11.3. The van der Waals surface area contributed by atoms with Gasteiger partial charge in [0.1, 0.15) is 5.75 Å². The van der Waals surface area contributed by atoms with E-state index in [2.05, 4.69) is 4.90 Å². The van der Waals surface area contributed by atoms with Crippen molar-refractivity contribution in [2.45, 2.75) is 37.3 Å². The highest BCUT2D eigenvalue weighted by Gasteiger charge is 2.42. The van der Waals surface area contributed by atoms with Gasteiger partial charge in [-0.15, -0.1) is 0 Å². The number of aliphatic hydroxyl groups is 1. The number of benzene rings is 1. The molecule has 2 unspecified atom stereocenters. The molecule has 0 amide bonds. The Morgan fingerprint density at radius 1 is 1.33 bits per heavy atom. The summed E-state index contributed by atoms with van der Waals surface area (Å²) in [5.41, 5.74) is 1.07. The van der Waals surface area contributed by atoms with Gasteiger partial charge in [-0.2, -0.15) is 0 Å². The van der Waals surface area contributed by atoms with Crippen LogP contribution in [-0.4, -0.2) is 49.3 Å². The molecule has 0 bridgehead atoms. The zero-order valence-corrected chi connectivity index (χ0v) is 14.3. The van der Waals surface area contributed by atoms with Crippen LogP contribution in [0, 0.1) is 0 Å². The first-order chi connectivity index (χ1) is 11.6. The van der Waals surface area contributed by atoms with E-state index < -0.39 is 5.60 Å². The largest absolute Gasteiger partial charge is 0.496 e. The maximum atomic E-state index is 11.5. The molecule has 0 aromatic heterocycles. The van der Waals surface area contributed by atoms with Crippen molar-refractivity contribution in [2.75, 3.05) is 27.3 Å². The van der Waals surface area contributed by atoms with E-state index in [1.165, 1.54) is 7.11 Å². The minimum atomic E-state index is -0.887. The number of para-hydroxylation sites is 1. The maximum Gasteiger partial charge on any atom is 0.330 e. The number of methoxy groups -OCH3 is 2. The highest BCUT2D eigenvalue weighted by molar-refractivity contribution is 5.82. The first kappa shape index (κ1) is 17.0. The van der Waals surface area contributed by atoms with Crippen LogP contribution in [0.15, 0.2) is 35.9 Å². The number of fused-ring (bicyclic) bond motifs is 1. The van der Waals surface area contributed by atoms with Crippen LogP contribution in [0.25, 0.3) is 0 Å². The van der Waals surface area contributed by atoms with Crippen LogP contribution in [0.1, 0.15) is 31.2 Å². The first-order valence-electron chi connectivity index (χ1n) is 8.43. The summed E-state index contributed by atoms with van der Waals surface area (Å²) in [6, 6.07) is 7.92. The normalized spacial score (nSPS) is 29.1. The quantitative estimate of drug-likeness (QED) is 0.680. The van der Waals surface area contributed by atoms with E-state index in [9.17, 15) is 9.90 Å². The SMILES string of the molecule is COC(=O)/C=C1/CCN2CCC(O)(c3ccccc3OC)CC2C1. The van der Waals surface area contributed by atoms with Gasteiger partial charge in [-0.3, -0.25) is 4.90 Å². The zero-order valence-electron chi connectivity index (χ0n) is 14.3. The lowest BCUT2D eigenvalue weighted by atomic mass is 9.77. The number of carbonyl (C=O) groups is 1. The molecule has 130 valence electrons. The second-order valence-electron chi connectivity index (χ2n) is 6.66. The van der Waals surface area contributed by atoms with Crippen molar-refractivity contribution in [3.05, 3.63) is 41.5 Å². The number of hydrogen-bond donors (Lipinski definition) is 1. The highest BCUT2D eigenvalue weighted by Crippen LogP contribution is 2.42. The topological polar surface area (TPSA) is 59.0 Å². The standard InChI is InChI=1S/C19H25NO4/c1-23-17-6-4-3-5-16(17)19(22)8-10-20-9-7-14(11-15(20)13-19)12-18(21)24-2/h3-6,12,15,22H,7-11,13H2,1-2H3/b14-12-. The van der Waals surface area contributed by atoms with Crippen molar-refractivity contribution in [1.29, 1.82) is 0 Å². The maximum absolute atomic E-state index is 11.5. The molecule has 5 heteroatoms. The molecule has 24 heavy (non-hydrogen) atoms. The van der Waals surface area contributed by atoms with Crippen molar-refractivity contribution in [3.8, 4) is 5.75 Å². The lowest BCUT2D eigenvalue weighted by Crippen LogP contribution is -2.51. The first-order valence-corrected chi connectivity index (χ1v) is 8.43. The van der Waals surface area contributed by atoms with Crippen molar-refractivity contribution in [1.82, 2.24) is 4.90 Å². The third-order valence-electron chi connectivity index (χ3n) is 5.25. The number of nitrogens with zero attached hydrogens (tertiary/aromatic N) is 1. The van der Waals surface area contributed by atoms with Crippen LogP contribution in [0.5, 0.6) is 5.75 Å². The predicted molar refractivity (Wildman–Crippen MR) is 90.8 cm³/mol. The van der Waals surface area contributed by atoms with E-state index in [-0.39, 0.29) is 12.0 Å². The minimum absolute atomic E-state index is 0.235. The lowest BCUT2D eigenvalue weighted by molar-refractivity contribution is -0.134. The summed E-state index contributed by atoms with van der Waals surface area (Å²) >= 11 is 0. The molecule has 3 rings (SSSR count). The predicted octanol–water partition coefficient (Wildman–Crippen LogP) is 2.24. The summed E-state index contributed by atoms with van der Waals surface area (Å²) in [5.74, 6) is 0.434. The molecule has 0 saturated carbocycles. The molecular weight excluding hydrogens is 306 g/mol. The van der Waals surface area contributed by atoms with E-state index in [1.807, 2.05) is 24.3 Å². The Morgan fingerprint density at radius 3 is 2.88 bits per heavy atom. The third-order valence-corrected chi connectivity index (χ3v) is 5.25. The average Bonchev–Trinajstić information content (AvgIpc) is 2.61. The molecule has 2 aliphatic heterocycles. The van der Waals surface area contributed by atoms with E-state index in [0.717, 1.165) is 42.8 Å². The molecule has 0 aliphatic carbocycles. The summed E-state index contributed by atoms with van der Waals surface area (Å²) in [4.78, 5) is 13.9. The Bertz CT molecular complexity index is 642. The summed E-state index contributed by atoms with van der Waals surface area (Å²) in [6.45, 7) is 1.78. The van der Waals surface area contributed by atoms with E-state index in [0.29, 0.717) is 12.8 Å². The number of esters is 1. The smallest absolute Gasteiger partial charge is 0.330 e. The second kappa shape index (κ2) is 6.95. The molecule has 2 heterocycles. The van der Waals surface area contributed by atoms with Gasteiger partial charge in [0, 0.05) is 30.8 Å². The fourth-order valence-corrected chi connectivity index (χ4v) is 3.95. The van der Waals surface area contributed by atoms with Gasteiger partial charge in [0.2, 0.25) is 0 Å². The minimum Gasteiger partial charge on any atom is -0.496 e. The number of ether oxygens (including phenoxy) is 2. The molecule has 2 saturated heterocycles. The number of carbonyl (C=O) groups excluding carboxylic acids is 1. The van der Waals surface area contributed by atoms with Crippen LogP contribution in [0.4, 0.5) is 0 Å². The highest BCUT2D eigenvalue weighted by atomic mass is 16.5. The molecule has 0 radical (unpaired) electrons. The van der Waals surface area contributed by atoms with Crippen LogP contribution < -0.4 is 4.74 Å². The van der Waals surface area contributed by atoms with Gasteiger partial charge in [0.25, 0.3) is 0 Å². The van der Waals surface area contributed by atoms with E-state index >= 15 is 0 Å². The van der Waals surface area contributed by atoms with Crippen LogP contribution >= 0.6 is 0 Å². The van der Waals surface area contributed by atoms with Gasteiger partial charge in [0.05, 0.1) is 19.8 Å². The molecular formula is C19H25NO4. The second-order valence-corrected chi connectivity index (χ2v) is 6.66.